The molecule has 21 heavy (non-hydrogen) atoms. The van der Waals surface area contributed by atoms with Crippen LogP contribution in [0.2, 0.25) is 5.02 Å². The molecule has 6 heteroatoms. The fraction of sp³-hybridized carbons (Fsp3) is 0.533. The summed E-state index contributed by atoms with van der Waals surface area (Å²) < 4.78 is 19.0. The van der Waals surface area contributed by atoms with Crippen molar-refractivity contribution in [3.8, 4) is 0 Å². The van der Waals surface area contributed by atoms with Gasteiger partial charge in [-0.25, -0.2) is 4.39 Å². The van der Waals surface area contributed by atoms with E-state index in [0.717, 1.165) is 0 Å². The van der Waals surface area contributed by atoms with Crippen molar-refractivity contribution in [1.29, 1.82) is 0 Å². The number of nitrogens with one attached hydrogen (secondary N) is 1. The number of carbonyl (C=O) groups excluding carboxylic acids is 1. The van der Waals surface area contributed by atoms with Crippen molar-refractivity contribution in [2.75, 3.05) is 26.3 Å². The van der Waals surface area contributed by atoms with E-state index in [1.54, 1.807) is 17.0 Å². The first kappa shape index (κ1) is 16.2. The molecule has 1 aromatic carbocycles. The van der Waals surface area contributed by atoms with E-state index in [4.69, 9.17) is 16.3 Å². The Kier molecular flexibility index (Phi) is 5.96. The Bertz CT molecular complexity index is 493. The topological polar surface area (TPSA) is 41.6 Å². The molecular formula is C15H20ClFN2O2. The average molecular weight is 315 g/mol. The van der Waals surface area contributed by atoms with Crippen LogP contribution in [0.4, 0.5) is 4.39 Å². The van der Waals surface area contributed by atoms with Crippen LogP contribution in [-0.4, -0.2) is 43.2 Å². The number of carbonyl (C=O) groups is 1. The van der Waals surface area contributed by atoms with Crippen molar-refractivity contribution in [2.24, 2.45) is 0 Å². The second-order valence-corrected chi connectivity index (χ2v) is 5.45. The molecule has 4 nitrogen and oxygen atoms in total. The van der Waals surface area contributed by atoms with E-state index >= 15 is 0 Å². The molecule has 1 aliphatic rings. The molecular weight excluding hydrogens is 295 g/mol. The molecule has 0 spiro atoms. The molecule has 1 aliphatic heterocycles. The maximum atomic E-state index is 13.7. The van der Waals surface area contributed by atoms with Gasteiger partial charge in [0.2, 0.25) is 5.91 Å². The van der Waals surface area contributed by atoms with Gasteiger partial charge in [-0.2, -0.15) is 0 Å². The number of morpholine rings is 1. The highest BCUT2D eigenvalue weighted by Crippen LogP contribution is 2.15. The third-order valence-electron chi connectivity index (χ3n) is 3.58. The Hall–Kier alpha value is -1.17. The molecule has 0 bridgehead atoms. The summed E-state index contributed by atoms with van der Waals surface area (Å²) in [5.74, 6) is -0.307. The predicted molar refractivity (Wildman–Crippen MR) is 79.7 cm³/mol. The molecule has 1 saturated heterocycles. The SMILES string of the molecule is CC[C@H](NCc1ccc(Cl)cc1F)C(=O)N1CCOCC1. The molecule has 116 valence electrons. The van der Waals surface area contributed by atoms with Gasteiger partial charge < -0.3 is 15.0 Å². The van der Waals surface area contributed by atoms with Crippen LogP contribution >= 0.6 is 11.6 Å². The Balaban J connectivity index is 1.93. The lowest BCUT2D eigenvalue weighted by molar-refractivity contribution is -0.137. The predicted octanol–water partition coefficient (Wildman–Crippen LogP) is 2.21. The summed E-state index contributed by atoms with van der Waals surface area (Å²) >= 11 is 5.73. The van der Waals surface area contributed by atoms with E-state index in [2.05, 4.69) is 5.32 Å². The summed E-state index contributed by atoms with van der Waals surface area (Å²) in [5, 5.41) is 3.50. The van der Waals surface area contributed by atoms with Gasteiger partial charge in [-0.05, 0) is 18.6 Å². The summed E-state index contributed by atoms with van der Waals surface area (Å²) in [4.78, 5) is 14.2. The zero-order chi connectivity index (χ0) is 15.2. The van der Waals surface area contributed by atoms with E-state index < -0.39 is 0 Å². The van der Waals surface area contributed by atoms with Crippen LogP contribution in [-0.2, 0) is 16.1 Å². The molecule has 1 aromatic rings. The van der Waals surface area contributed by atoms with Gasteiger partial charge in [-0.1, -0.05) is 24.6 Å². The first-order valence-electron chi connectivity index (χ1n) is 7.15. The number of hydrogen-bond acceptors (Lipinski definition) is 3. The zero-order valence-corrected chi connectivity index (χ0v) is 12.8. The standard InChI is InChI=1S/C15H20ClFN2O2/c1-2-14(15(20)19-5-7-21-8-6-19)18-10-11-3-4-12(16)9-13(11)17/h3-4,9,14,18H,2,5-8,10H2,1H3/t14-/m0/s1. The largest absolute Gasteiger partial charge is 0.378 e. The quantitative estimate of drug-likeness (QED) is 0.906. The van der Waals surface area contributed by atoms with Gasteiger partial charge in [-0.15, -0.1) is 0 Å². The molecule has 0 unspecified atom stereocenters. The minimum Gasteiger partial charge on any atom is -0.378 e. The Morgan fingerprint density at radius 1 is 1.48 bits per heavy atom. The number of ether oxygens (including phenoxy) is 1. The van der Waals surface area contributed by atoms with Gasteiger partial charge in [0.1, 0.15) is 5.82 Å². The van der Waals surface area contributed by atoms with Crippen LogP contribution in [0.25, 0.3) is 0 Å². The van der Waals surface area contributed by atoms with Crippen LogP contribution in [0.1, 0.15) is 18.9 Å². The maximum absolute atomic E-state index is 13.7. The summed E-state index contributed by atoms with van der Waals surface area (Å²) in [6.45, 7) is 4.63. The third kappa shape index (κ3) is 4.40. The Morgan fingerprint density at radius 3 is 2.81 bits per heavy atom. The smallest absolute Gasteiger partial charge is 0.239 e. The van der Waals surface area contributed by atoms with Gasteiger partial charge >= 0.3 is 0 Å². The molecule has 1 heterocycles. The highest BCUT2D eigenvalue weighted by atomic mass is 35.5. The number of rotatable bonds is 5. The van der Waals surface area contributed by atoms with Crippen LogP contribution in [0.3, 0.4) is 0 Å². The fourth-order valence-electron chi connectivity index (χ4n) is 2.31. The van der Waals surface area contributed by atoms with Crippen molar-refractivity contribution < 1.29 is 13.9 Å². The van der Waals surface area contributed by atoms with E-state index in [1.807, 2.05) is 6.92 Å². The lowest BCUT2D eigenvalue weighted by Crippen LogP contribution is -2.50. The highest BCUT2D eigenvalue weighted by Gasteiger charge is 2.24. The number of halogens is 2. The number of hydrogen-bond donors (Lipinski definition) is 1. The van der Waals surface area contributed by atoms with Gasteiger partial charge in [-0.3, -0.25) is 4.79 Å². The molecule has 0 aromatic heterocycles. The minimum absolute atomic E-state index is 0.0511. The lowest BCUT2D eigenvalue weighted by Gasteiger charge is -2.30. The molecule has 0 aliphatic carbocycles. The molecule has 1 amide bonds. The first-order chi connectivity index (χ1) is 10.1. The van der Waals surface area contributed by atoms with Crippen LogP contribution < -0.4 is 5.32 Å². The van der Waals surface area contributed by atoms with E-state index in [9.17, 15) is 9.18 Å². The van der Waals surface area contributed by atoms with Crippen LogP contribution in [0.5, 0.6) is 0 Å². The normalized spacial score (nSPS) is 16.8. The van der Waals surface area contributed by atoms with Crippen molar-refractivity contribution in [3.63, 3.8) is 0 Å². The third-order valence-corrected chi connectivity index (χ3v) is 3.82. The Morgan fingerprint density at radius 2 is 2.19 bits per heavy atom. The van der Waals surface area contributed by atoms with Crippen molar-refractivity contribution in [1.82, 2.24) is 10.2 Å². The maximum Gasteiger partial charge on any atom is 0.239 e. The second-order valence-electron chi connectivity index (χ2n) is 5.02. The number of benzene rings is 1. The minimum atomic E-state index is -0.358. The zero-order valence-electron chi connectivity index (χ0n) is 12.1. The average Bonchev–Trinajstić information content (AvgIpc) is 2.50. The molecule has 0 radical (unpaired) electrons. The monoisotopic (exact) mass is 314 g/mol. The summed E-state index contributed by atoms with van der Waals surface area (Å²) in [5.41, 5.74) is 0.507. The summed E-state index contributed by atoms with van der Waals surface area (Å²) in [6.07, 6.45) is 0.658. The second kappa shape index (κ2) is 7.73. The number of amides is 1. The lowest BCUT2D eigenvalue weighted by atomic mass is 10.1. The molecule has 1 N–H and O–H groups in total. The first-order valence-corrected chi connectivity index (χ1v) is 7.53. The van der Waals surface area contributed by atoms with Gasteiger partial charge in [0.15, 0.2) is 0 Å². The van der Waals surface area contributed by atoms with Crippen molar-refractivity contribution in [3.05, 3.63) is 34.6 Å². The molecule has 0 saturated carbocycles. The molecule has 1 fully saturated rings. The summed E-state index contributed by atoms with van der Waals surface area (Å²) in [7, 11) is 0. The van der Waals surface area contributed by atoms with Gasteiger partial charge in [0, 0.05) is 30.2 Å². The van der Waals surface area contributed by atoms with Crippen LogP contribution in [0, 0.1) is 5.82 Å². The van der Waals surface area contributed by atoms with Gasteiger partial charge in [0.05, 0.1) is 19.3 Å². The highest BCUT2D eigenvalue weighted by molar-refractivity contribution is 6.30. The van der Waals surface area contributed by atoms with E-state index in [1.165, 1.54) is 6.07 Å². The molecule has 1 atom stereocenters. The van der Waals surface area contributed by atoms with E-state index in [-0.39, 0.29) is 17.8 Å². The van der Waals surface area contributed by atoms with Crippen molar-refractivity contribution in [2.45, 2.75) is 25.9 Å². The fourth-order valence-corrected chi connectivity index (χ4v) is 2.47. The summed E-state index contributed by atoms with van der Waals surface area (Å²) in [6, 6.07) is 4.25. The van der Waals surface area contributed by atoms with Crippen LogP contribution in [0.15, 0.2) is 18.2 Å². The number of nitrogens with zero attached hydrogens (tertiary/aromatic N) is 1. The Labute approximate surface area is 129 Å². The van der Waals surface area contributed by atoms with E-state index in [0.29, 0.717) is 49.9 Å². The molecule has 2 rings (SSSR count). The van der Waals surface area contributed by atoms with Crippen molar-refractivity contribution >= 4 is 17.5 Å². The van der Waals surface area contributed by atoms with Gasteiger partial charge in [0.25, 0.3) is 0 Å².